The fourth-order valence-corrected chi connectivity index (χ4v) is 5.21. The van der Waals surface area contributed by atoms with Crippen molar-refractivity contribution < 1.29 is 8.83 Å². The largest absolute Gasteiger partial charge is 0.442 e. The third-order valence-electron chi connectivity index (χ3n) is 7.14. The van der Waals surface area contributed by atoms with Gasteiger partial charge in [0, 0.05) is 16.5 Å². The van der Waals surface area contributed by atoms with Crippen LogP contribution in [0.5, 0.6) is 0 Å². The van der Waals surface area contributed by atoms with Gasteiger partial charge in [0.15, 0.2) is 24.3 Å². The highest BCUT2D eigenvalue weighted by molar-refractivity contribution is 5.85. The van der Waals surface area contributed by atoms with Crippen molar-refractivity contribution in [1.82, 2.24) is 19.9 Å². The number of oxazole rings is 2. The quantitative estimate of drug-likeness (QED) is 0.260. The van der Waals surface area contributed by atoms with Crippen LogP contribution >= 0.6 is 0 Å². The van der Waals surface area contributed by atoms with Gasteiger partial charge in [0.2, 0.25) is 0 Å². The molecule has 0 N–H and O–H groups in total. The van der Waals surface area contributed by atoms with E-state index in [2.05, 4.69) is 60.2 Å². The first-order chi connectivity index (χ1) is 18.1. The summed E-state index contributed by atoms with van der Waals surface area (Å²) >= 11 is 0. The Hall–Kier alpha value is -4.84. The van der Waals surface area contributed by atoms with E-state index in [1.807, 2.05) is 36.4 Å². The van der Waals surface area contributed by atoms with Gasteiger partial charge in [-0.1, -0.05) is 50.2 Å². The maximum absolute atomic E-state index is 5.45. The van der Waals surface area contributed by atoms with Gasteiger partial charge in [-0.3, -0.25) is 0 Å². The molecule has 4 heterocycles. The van der Waals surface area contributed by atoms with E-state index in [9.17, 15) is 0 Å². The number of aromatic nitrogens is 4. The summed E-state index contributed by atoms with van der Waals surface area (Å²) in [6.45, 7) is 4.56. The summed E-state index contributed by atoms with van der Waals surface area (Å²) in [6, 6.07) is 25.2. The van der Waals surface area contributed by atoms with Crippen molar-refractivity contribution in [3.05, 3.63) is 109 Å². The average molecular weight is 483 g/mol. The van der Waals surface area contributed by atoms with Crippen molar-refractivity contribution in [2.75, 3.05) is 0 Å². The fraction of sp³-hybridized carbons (Fsp3) is 0.0968. The SMILES string of the molecule is CC1(C)c2cc(-c3cccc(-c4cnco4)n3)ccc2-c2ccc(-c3cccc(-c4cnco4)n3)cc21. The van der Waals surface area contributed by atoms with E-state index in [0.717, 1.165) is 33.9 Å². The highest BCUT2D eigenvalue weighted by atomic mass is 16.3. The van der Waals surface area contributed by atoms with Crippen LogP contribution in [0.15, 0.2) is 107 Å². The molecule has 0 saturated heterocycles. The van der Waals surface area contributed by atoms with Crippen LogP contribution in [-0.2, 0) is 5.41 Å². The highest BCUT2D eigenvalue weighted by Crippen LogP contribution is 2.50. The molecule has 6 heteroatoms. The van der Waals surface area contributed by atoms with Crippen molar-refractivity contribution in [3.63, 3.8) is 0 Å². The number of rotatable bonds is 4. The Morgan fingerprint density at radius 3 is 1.46 bits per heavy atom. The lowest BCUT2D eigenvalue weighted by molar-refractivity contribution is 0.569. The molecule has 6 nitrogen and oxygen atoms in total. The molecule has 0 amide bonds. The number of fused-ring (bicyclic) bond motifs is 3. The van der Waals surface area contributed by atoms with Crippen molar-refractivity contribution >= 4 is 0 Å². The van der Waals surface area contributed by atoms with E-state index in [0.29, 0.717) is 11.5 Å². The molecule has 0 unspecified atom stereocenters. The number of nitrogens with zero attached hydrogens (tertiary/aromatic N) is 4. The third kappa shape index (κ3) is 3.49. The average Bonchev–Trinajstić information content (AvgIpc) is 3.71. The van der Waals surface area contributed by atoms with E-state index in [1.165, 1.54) is 35.0 Å². The predicted octanol–water partition coefficient (Wildman–Crippen LogP) is 7.43. The molecule has 0 saturated carbocycles. The molecule has 0 fully saturated rings. The van der Waals surface area contributed by atoms with Gasteiger partial charge in [-0.25, -0.2) is 19.9 Å². The van der Waals surface area contributed by atoms with Gasteiger partial charge in [-0.2, -0.15) is 0 Å². The third-order valence-corrected chi connectivity index (χ3v) is 7.14. The van der Waals surface area contributed by atoms with Crippen LogP contribution in [0.4, 0.5) is 0 Å². The number of pyridine rings is 2. The Morgan fingerprint density at radius 1 is 0.568 bits per heavy atom. The summed E-state index contributed by atoms with van der Waals surface area (Å²) in [7, 11) is 0. The predicted molar refractivity (Wildman–Crippen MR) is 141 cm³/mol. The second-order valence-corrected chi connectivity index (χ2v) is 9.69. The van der Waals surface area contributed by atoms with Crippen LogP contribution in [0.1, 0.15) is 25.0 Å². The monoisotopic (exact) mass is 482 g/mol. The Labute approximate surface area is 213 Å². The van der Waals surface area contributed by atoms with Gasteiger partial charge in [0.25, 0.3) is 0 Å². The summed E-state index contributed by atoms with van der Waals surface area (Å²) in [5.41, 5.74) is 10.4. The van der Waals surface area contributed by atoms with E-state index in [-0.39, 0.29) is 5.41 Å². The molecule has 178 valence electrons. The molecule has 0 radical (unpaired) electrons. The van der Waals surface area contributed by atoms with Crippen molar-refractivity contribution in [2.24, 2.45) is 0 Å². The fourth-order valence-electron chi connectivity index (χ4n) is 5.21. The summed E-state index contributed by atoms with van der Waals surface area (Å²) in [6.07, 6.45) is 6.21. The second-order valence-electron chi connectivity index (χ2n) is 9.69. The maximum atomic E-state index is 5.45. The molecule has 0 aliphatic heterocycles. The van der Waals surface area contributed by atoms with Gasteiger partial charge in [0.05, 0.1) is 23.8 Å². The molecule has 0 atom stereocenters. The minimum atomic E-state index is -0.179. The van der Waals surface area contributed by atoms with E-state index in [1.54, 1.807) is 12.4 Å². The second kappa shape index (κ2) is 8.10. The molecule has 6 aromatic rings. The van der Waals surface area contributed by atoms with Gasteiger partial charge in [-0.05, 0) is 58.7 Å². The molecule has 0 spiro atoms. The Kier molecular flexibility index (Phi) is 4.69. The van der Waals surface area contributed by atoms with Gasteiger partial charge >= 0.3 is 0 Å². The van der Waals surface area contributed by atoms with Crippen molar-refractivity contribution in [1.29, 1.82) is 0 Å². The first-order valence-electron chi connectivity index (χ1n) is 12.1. The molecule has 4 aromatic heterocycles. The molecule has 7 rings (SSSR count). The Morgan fingerprint density at radius 2 is 1.03 bits per heavy atom. The minimum absolute atomic E-state index is 0.179. The molecular formula is C31H22N4O2. The summed E-state index contributed by atoms with van der Waals surface area (Å²) in [4.78, 5) is 17.7. The normalized spacial score (nSPS) is 13.4. The zero-order valence-corrected chi connectivity index (χ0v) is 20.3. The zero-order valence-electron chi connectivity index (χ0n) is 20.3. The first kappa shape index (κ1) is 21.4. The van der Waals surface area contributed by atoms with Crippen molar-refractivity contribution in [3.8, 4) is 56.6 Å². The van der Waals surface area contributed by atoms with Crippen molar-refractivity contribution in [2.45, 2.75) is 19.3 Å². The molecule has 1 aliphatic rings. The number of hydrogen-bond acceptors (Lipinski definition) is 6. The topological polar surface area (TPSA) is 77.8 Å². The standard InChI is InChI=1S/C31H22N4O2/c1-31(2)23-13-19(25-5-3-7-27(34-25)29-15-32-17-36-29)9-11-21(23)22-12-10-20(14-24(22)31)26-6-4-8-28(35-26)30-16-33-18-37-30/h3-18H,1-2H3. The molecule has 2 aromatic carbocycles. The van der Waals surface area contributed by atoms with Gasteiger partial charge < -0.3 is 8.83 Å². The number of hydrogen-bond donors (Lipinski definition) is 0. The zero-order chi connectivity index (χ0) is 25.0. The maximum Gasteiger partial charge on any atom is 0.181 e. The molecular weight excluding hydrogens is 460 g/mol. The smallest absolute Gasteiger partial charge is 0.181 e. The minimum Gasteiger partial charge on any atom is -0.442 e. The number of benzene rings is 2. The van der Waals surface area contributed by atoms with Gasteiger partial charge in [0.1, 0.15) is 11.4 Å². The lowest BCUT2D eigenvalue weighted by atomic mass is 9.81. The van der Waals surface area contributed by atoms with Crippen LogP contribution in [0, 0.1) is 0 Å². The van der Waals surface area contributed by atoms with E-state index >= 15 is 0 Å². The Balaban J connectivity index is 1.28. The lowest BCUT2D eigenvalue weighted by Gasteiger charge is -2.22. The highest BCUT2D eigenvalue weighted by Gasteiger charge is 2.36. The van der Waals surface area contributed by atoms with Crippen LogP contribution in [0.2, 0.25) is 0 Å². The Bertz CT molecular complexity index is 1620. The van der Waals surface area contributed by atoms with Crippen LogP contribution in [0.25, 0.3) is 56.6 Å². The van der Waals surface area contributed by atoms with Crippen LogP contribution in [-0.4, -0.2) is 19.9 Å². The summed E-state index contributed by atoms with van der Waals surface area (Å²) < 4.78 is 10.9. The summed E-state index contributed by atoms with van der Waals surface area (Å²) in [5, 5.41) is 0. The molecule has 0 bridgehead atoms. The van der Waals surface area contributed by atoms with E-state index in [4.69, 9.17) is 18.8 Å². The summed E-state index contributed by atoms with van der Waals surface area (Å²) in [5.74, 6) is 1.31. The van der Waals surface area contributed by atoms with E-state index < -0.39 is 0 Å². The lowest BCUT2D eigenvalue weighted by Crippen LogP contribution is -2.15. The first-order valence-corrected chi connectivity index (χ1v) is 12.1. The van der Waals surface area contributed by atoms with Gasteiger partial charge in [-0.15, -0.1) is 0 Å². The van der Waals surface area contributed by atoms with Crippen LogP contribution in [0.3, 0.4) is 0 Å². The molecule has 1 aliphatic carbocycles. The molecule has 37 heavy (non-hydrogen) atoms. The van der Waals surface area contributed by atoms with Crippen LogP contribution < -0.4 is 0 Å².